The highest BCUT2D eigenvalue weighted by Crippen LogP contribution is 2.40. The van der Waals surface area contributed by atoms with Crippen molar-refractivity contribution in [3.63, 3.8) is 0 Å². The van der Waals surface area contributed by atoms with E-state index in [0.29, 0.717) is 0 Å². The lowest BCUT2D eigenvalue weighted by molar-refractivity contribution is 0.0697. The van der Waals surface area contributed by atoms with Gasteiger partial charge < -0.3 is 25.6 Å². The van der Waals surface area contributed by atoms with E-state index in [1.807, 2.05) is 19.9 Å². The van der Waals surface area contributed by atoms with Crippen molar-refractivity contribution in [3.05, 3.63) is 29.8 Å². The summed E-state index contributed by atoms with van der Waals surface area (Å²) >= 11 is 0. The van der Waals surface area contributed by atoms with Crippen LogP contribution < -0.4 is 10.3 Å². The Kier molecular flexibility index (Phi) is 8.80. The number of phosphoric ester groups is 1. The minimum absolute atomic E-state index is 0.165. The Bertz CT molecular complexity index is 477. The van der Waals surface area contributed by atoms with Crippen LogP contribution in [0.25, 0.3) is 0 Å². The second kappa shape index (κ2) is 9.22. The van der Waals surface area contributed by atoms with E-state index in [9.17, 15) is 4.57 Å². The molecule has 0 aliphatic carbocycles. The summed E-state index contributed by atoms with van der Waals surface area (Å²) in [5.41, 5.74) is 4.73. The maximum absolute atomic E-state index is 10.6. The van der Waals surface area contributed by atoms with E-state index in [2.05, 4.69) is 4.52 Å². The Labute approximate surface area is 129 Å². The van der Waals surface area contributed by atoms with Crippen LogP contribution in [0.1, 0.15) is 25.3 Å². The summed E-state index contributed by atoms with van der Waals surface area (Å²) in [5, 5.41) is 25.0. The topological polar surface area (TPSA) is 153 Å². The third-order valence-electron chi connectivity index (χ3n) is 2.70. The predicted octanol–water partition coefficient (Wildman–Crippen LogP) is -0.0577. The van der Waals surface area contributed by atoms with Crippen LogP contribution >= 0.6 is 7.82 Å². The molecule has 8 nitrogen and oxygen atoms in total. The average molecular weight is 337 g/mol. The normalized spacial score (nSPS) is 11.9. The van der Waals surface area contributed by atoms with Crippen molar-refractivity contribution in [3.8, 4) is 5.75 Å². The minimum atomic E-state index is -4.45. The molecular weight excluding hydrogens is 313 g/mol. The van der Waals surface area contributed by atoms with Gasteiger partial charge in [-0.3, -0.25) is 9.79 Å². The molecule has 0 aliphatic rings. The van der Waals surface area contributed by atoms with E-state index in [4.69, 9.17) is 30.8 Å². The molecule has 0 spiro atoms. The second-order valence-corrected chi connectivity index (χ2v) is 6.27. The maximum Gasteiger partial charge on any atom is 0.524 e. The summed E-state index contributed by atoms with van der Waals surface area (Å²) in [6.07, 6.45) is 0. The van der Waals surface area contributed by atoms with Crippen molar-refractivity contribution < 1.29 is 34.2 Å². The van der Waals surface area contributed by atoms with Crippen molar-refractivity contribution in [2.24, 2.45) is 5.73 Å². The predicted molar refractivity (Wildman–Crippen MR) is 81.4 cm³/mol. The van der Waals surface area contributed by atoms with Gasteiger partial charge in [0.1, 0.15) is 5.75 Å². The molecule has 0 heterocycles. The van der Waals surface area contributed by atoms with Gasteiger partial charge >= 0.3 is 7.82 Å². The number of benzene rings is 1. The number of phosphoric acid groups is 1. The van der Waals surface area contributed by atoms with Crippen LogP contribution in [-0.4, -0.2) is 50.5 Å². The summed E-state index contributed by atoms with van der Waals surface area (Å²) in [6, 6.07) is 6.82. The van der Waals surface area contributed by atoms with Crippen molar-refractivity contribution >= 4 is 7.82 Å². The Morgan fingerprint density at radius 2 is 1.59 bits per heavy atom. The number of hydrogen-bond donors (Lipinski definition) is 6. The number of nitrogens with two attached hydrogens (primary N) is 1. The smallest absolute Gasteiger partial charge is 0.404 e. The Morgan fingerprint density at radius 3 is 1.91 bits per heavy atom. The van der Waals surface area contributed by atoms with E-state index in [1.165, 1.54) is 0 Å². The number of para-hydroxylation sites is 1. The van der Waals surface area contributed by atoms with Crippen LogP contribution in [0.5, 0.6) is 5.75 Å². The standard InChI is InChI=1S/C9H13O4P.C4H11NO3/c1-7(2)8-5-3-4-6-9(8)13-14(10,11)12;5-4(1-6,2-7)3-8/h3-7H,1-2H3,(H2,10,11,12);6-8H,1-3,5H2. The Balaban J connectivity index is 0.000000472. The molecule has 22 heavy (non-hydrogen) atoms. The van der Waals surface area contributed by atoms with E-state index in [-0.39, 0.29) is 11.7 Å². The van der Waals surface area contributed by atoms with Crippen LogP contribution in [0.4, 0.5) is 0 Å². The highest BCUT2D eigenvalue weighted by Gasteiger charge is 2.20. The highest BCUT2D eigenvalue weighted by atomic mass is 31.2. The molecule has 128 valence electrons. The van der Waals surface area contributed by atoms with Gasteiger partial charge in [0, 0.05) is 0 Å². The van der Waals surface area contributed by atoms with Gasteiger partial charge in [-0.15, -0.1) is 0 Å². The number of hydrogen-bond acceptors (Lipinski definition) is 6. The molecule has 0 bridgehead atoms. The lowest BCUT2D eigenvalue weighted by Gasteiger charge is -2.20. The van der Waals surface area contributed by atoms with Gasteiger partial charge in [0.25, 0.3) is 0 Å². The van der Waals surface area contributed by atoms with Crippen molar-refractivity contribution in [2.45, 2.75) is 25.3 Å². The molecule has 1 aromatic rings. The van der Waals surface area contributed by atoms with Gasteiger partial charge in [0.2, 0.25) is 0 Å². The largest absolute Gasteiger partial charge is 0.524 e. The molecule has 0 aliphatic heterocycles. The minimum Gasteiger partial charge on any atom is -0.404 e. The van der Waals surface area contributed by atoms with Gasteiger partial charge in [0.05, 0.1) is 25.4 Å². The van der Waals surface area contributed by atoms with Crippen LogP contribution in [-0.2, 0) is 4.57 Å². The van der Waals surface area contributed by atoms with Crippen LogP contribution in [0, 0.1) is 0 Å². The molecule has 0 atom stereocenters. The molecule has 0 radical (unpaired) electrons. The van der Waals surface area contributed by atoms with E-state index in [0.717, 1.165) is 5.56 Å². The van der Waals surface area contributed by atoms with Crippen molar-refractivity contribution in [2.75, 3.05) is 19.8 Å². The van der Waals surface area contributed by atoms with Crippen LogP contribution in [0.15, 0.2) is 24.3 Å². The fourth-order valence-electron chi connectivity index (χ4n) is 1.32. The molecule has 9 heteroatoms. The summed E-state index contributed by atoms with van der Waals surface area (Å²) in [7, 11) is -4.45. The molecule has 0 saturated heterocycles. The summed E-state index contributed by atoms with van der Waals surface area (Å²) < 4.78 is 15.2. The summed E-state index contributed by atoms with van der Waals surface area (Å²) in [4.78, 5) is 17.3. The quantitative estimate of drug-likeness (QED) is 0.395. The Morgan fingerprint density at radius 1 is 1.14 bits per heavy atom. The molecule has 0 unspecified atom stereocenters. The summed E-state index contributed by atoms with van der Waals surface area (Å²) in [5.74, 6) is 0.411. The first kappa shape index (κ1) is 21.0. The van der Waals surface area contributed by atoms with E-state index >= 15 is 0 Å². The molecule has 1 aromatic carbocycles. The van der Waals surface area contributed by atoms with Crippen LogP contribution in [0.3, 0.4) is 0 Å². The third kappa shape index (κ3) is 7.86. The first-order valence-corrected chi connectivity index (χ1v) is 8.07. The zero-order valence-corrected chi connectivity index (χ0v) is 13.5. The molecular formula is C13H24NO7P. The van der Waals surface area contributed by atoms with Gasteiger partial charge in [-0.25, -0.2) is 4.57 Å². The molecule has 0 amide bonds. The van der Waals surface area contributed by atoms with Crippen molar-refractivity contribution in [1.82, 2.24) is 0 Å². The molecule has 1 rings (SSSR count). The fourth-order valence-corrected chi connectivity index (χ4v) is 1.74. The molecule has 0 fully saturated rings. The second-order valence-electron chi connectivity index (χ2n) is 5.11. The van der Waals surface area contributed by atoms with Gasteiger partial charge in [-0.1, -0.05) is 32.0 Å². The number of aliphatic hydroxyl groups excluding tert-OH is 3. The maximum atomic E-state index is 10.6. The van der Waals surface area contributed by atoms with Gasteiger partial charge in [0.15, 0.2) is 0 Å². The zero-order valence-electron chi connectivity index (χ0n) is 12.6. The van der Waals surface area contributed by atoms with E-state index < -0.39 is 33.2 Å². The zero-order chi connectivity index (χ0) is 17.4. The van der Waals surface area contributed by atoms with Crippen LogP contribution in [0.2, 0.25) is 0 Å². The van der Waals surface area contributed by atoms with Gasteiger partial charge in [-0.2, -0.15) is 0 Å². The third-order valence-corrected chi connectivity index (χ3v) is 3.14. The highest BCUT2D eigenvalue weighted by molar-refractivity contribution is 7.46. The lowest BCUT2D eigenvalue weighted by Crippen LogP contribution is -2.50. The SMILES string of the molecule is CC(C)c1ccccc1OP(=O)(O)O.NC(CO)(CO)CO. The summed E-state index contributed by atoms with van der Waals surface area (Å²) in [6.45, 7) is 2.66. The Hall–Kier alpha value is -0.990. The first-order valence-electron chi connectivity index (χ1n) is 6.54. The average Bonchev–Trinajstić information content (AvgIpc) is 2.46. The van der Waals surface area contributed by atoms with Crippen molar-refractivity contribution in [1.29, 1.82) is 0 Å². The van der Waals surface area contributed by atoms with E-state index in [1.54, 1.807) is 18.2 Å². The lowest BCUT2D eigenvalue weighted by atomic mass is 10.0. The molecule has 0 saturated carbocycles. The van der Waals surface area contributed by atoms with Gasteiger partial charge in [-0.05, 0) is 17.5 Å². The molecule has 0 aromatic heterocycles. The monoisotopic (exact) mass is 337 g/mol. The number of rotatable bonds is 6. The molecule has 7 N–H and O–H groups in total. The fraction of sp³-hybridized carbons (Fsp3) is 0.538. The number of aliphatic hydroxyl groups is 3. The first-order chi connectivity index (χ1) is 10.1.